The topological polar surface area (TPSA) is 21.3 Å². The lowest BCUT2D eigenvalue weighted by Gasteiger charge is -2.13. The van der Waals surface area contributed by atoms with Gasteiger partial charge in [0.2, 0.25) is 0 Å². The average Bonchev–Trinajstić information content (AvgIpc) is 2.44. The number of para-hydroxylation sites is 1. The fourth-order valence-electron chi connectivity index (χ4n) is 2.18. The van der Waals surface area contributed by atoms with Gasteiger partial charge in [-0.3, -0.25) is 0 Å². The SMILES string of the molecule is CCCNCc1ccccc1Oc1ccc(C)cc1C. The van der Waals surface area contributed by atoms with Crippen molar-refractivity contribution in [3.05, 3.63) is 59.2 Å². The Morgan fingerprint density at radius 2 is 1.80 bits per heavy atom. The largest absolute Gasteiger partial charge is 0.457 e. The molecule has 2 nitrogen and oxygen atoms in total. The summed E-state index contributed by atoms with van der Waals surface area (Å²) in [4.78, 5) is 0. The van der Waals surface area contributed by atoms with E-state index in [-0.39, 0.29) is 0 Å². The summed E-state index contributed by atoms with van der Waals surface area (Å²) in [5.74, 6) is 1.86. The van der Waals surface area contributed by atoms with Gasteiger partial charge in [0.05, 0.1) is 0 Å². The van der Waals surface area contributed by atoms with Crippen molar-refractivity contribution >= 4 is 0 Å². The molecule has 2 heteroatoms. The standard InChI is InChI=1S/C18H23NO/c1-4-11-19-13-16-7-5-6-8-18(16)20-17-10-9-14(2)12-15(17)3/h5-10,12,19H,4,11,13H2,1-3H3. The first-order valence-corrected chi connectivity index (χ1v) is 7.24. The van der Waals surface area contributed by atoms with Gasteiger partial charge >= 0.3 is 0 Å². The highest BCUT2D eigenvalue weighted by Crippen LogP contribution is 2.28. The summed E-state index contributed by atoms with van der Waals surface area (Å²) in [5, 5.41) is 3.42. The number of hydrogen-bond donors (Lipinski definition) is 1. The van der Waals surface area contributed by atoms with E-state index in [0.29, 0.717) is 0 Å². The molecule has 0 heterocycles. The van der Waals surface area contributed by atoms with Gasteiger partial charge in [-0.05, 0) is 44.5 Å². The number of benzene rings is 2. The molecule has 0 aliphatic carbocycles. The first-order chi connectivity index (χ1) is 9.70. The van der Waals surface area contributed by atoms with Gasteiger partial charge in [-0.2, -0.15) is 0 Å². The fraction of sp³-hybridized carbons (Fsp3) is 0.333. The van der Waals surface area contributed by atoms with Crippen LogP contribution in [0, 0.1) is 13.8 Å². The van der Waals surface area contributed by atoms with E-state index < -0.39 is 0 Å². The first-order valence-electron chi connectivity index (χ1n) is 7.24. The molecule has 0 saturated carbocycles. The van der Waals surface area contributed by atoms with Gasteiger partial charge in [0.1, 0.15) is 11.5 Å². The molecule has 106 valence electrons. The van der Waals surface area contributed by atoms with E-state index in [1.165, 1.54) is 16.7 Å². The predicted octanol–water partition coefficient (Wildman–Crippen LogP) is 4.60. The van der Waals surface area contributed by atoms with Gasteiger partial charge in [0.15, 0.2) is 0 Å². The molecule has 0 aliphatic rings. The lowest BCUT2D eigenvalue weighted by atomic mass is 10.1. The third-order valence-electron chi connectivity index (χ3n) is 3.27. The van der Waals surface area contributed by atoms with Gasteiger partial charge in [-0.25, -0.2) is 0 Å². The molecule has 2 aromatic rings. The minimum absolute atomic E-state index is 0.842. The van der Waals surface area contributed by atoms with E-state index in [0.717, 1.165) is 31.0 Å². The molecule has 2 aromatic carbocycles. The number of rotatable bonds is 6. The van der Waals surface area contributed by atoms with Crippen molar-refractivity contribution in [2.75, 3.05) is 6.54 Å². The van der Waals surface area contributed by atoms with Crippen LogP contribution >= 0.6 is 0 Å². The minimum atomic E-state index is 0.842. The van der Waals surface area contributed by atoms with Crippen LogP contribution in [0.1, 0.15) is 30.0 Å². The summed E-state index contributed by atoms with van der Waals surface area (Å²) in [5.41, 5.74) is 3.62. The van der Waals surface area contributed by atoms with E-state index in [4.69, 9.17) is 4.74 Å². The second-order valence-corrected chi connectivity index (χ2v) is 5.16. The summed E-state index contributed by atoms with van der Waals surface area (Å²) in [6.45, 7) is 8.22. The molecule has 0 amide bonds. The van der Waals surface area contributed by atoms with Crippen LogP contribution < -0.4 is 10.1 Å². The van der Waals surface area contributed by atoms with Crippen molar-refractivity contribution in [3.63, 3.8) is 0 Å². The maximum absolute atomic E-state index is 6.09. The van der Waals surface area contributed by atoms with Gasteiger partial charge in [-0.15, -0.1) is 0 Å². The molecule has 20 heavy (non-hydrogen) atoms. The Kier molecular flexibility index (Phi) is 5.19. The highest BCUT2D eigenvalue weighted by Gasteiger charge is 2.06. The number of aryl methyl sites for hydroxylation is 2. The van der Waals surface area contributed by atoms with Gasteiger partial charge in [-0.1, -0.05) is 42.8 Å². The summed E-state index contributed by atoms with van der Waals surface area (Å²) < 4.78 is 6.09. The first kappa shape index (κ1) is 14.6. The molecule has 0 spiro atoms. The van der Waals surface area contributed by atoms with Gasteiger partial charge in [0.25, 0.3) is 0 Å². The van der Waals surface area contributed by atoms with Crippen LogP contribution in [0.2, 0.25) is 0 Å². The molecule has 0 atom stereocenters. The molecule has 0 aliphatic heterocycles. The highest BCUT2D eigenvalue weighted by molar-refractivity contribution is 5.42. The molecule has 0 aromatic heterocycles. The number of nitrogens with one attached hydrogen (secondary N) is 1. The van der Waals surface area contributed by atoms with E-state index in [2.05, 4.69) is 50.4 Å². The Bertz CT molecular complexity index is 563. The quantitative estimate of drug-likeness (QED) is 0.774. The lowest BCUT2D eigenvalue weighted by Crippen LogP contribution is -2.14. The van der Waals surface area contributed by atoms with Crippen molar-refractivity contribution in [1.82, 2.24) is 5.32 Å². The molecular weight excluding hydrogens is 246 g/mol. The molecule has 0 unspecified atom stereocenters. The van der Waals surface area contributed by atoms with Gasteiger partial charge in [0, 0.05) is 12.1 Å². The zero-order valence-electron chi connectivity index (χ0n) is 12.6. The zero-order chi connectivity index (χ0) is 14.4. The summed E-state index contributed by atoms with van der Waals surface area (Å²) in [7, 11) is 0. The molecule has 0 radical (unpaired) electrons. The molecule has 1 N–H and O–H groups in total. The smallest absolute Gasteiger partial charge is 0.131 e. The summed E-state index contributed by atoms with van der Waals surface area (Å²) >= 11 is 0. The van der Waals surface area contributed by atoms with Crippen LogP contribution in [0.15, 0.2) is 42.5 Å². The maximum atomic E-state index is 6.09. The van der Waals surface area contributed by atoms with Crippen molar-refractivity contribution in [2.24, 2.45) is 0 Å². The minimum Gasteiger partial charge on any atom is -0.457 e. The normalized spacial score (nSPS) is 10.6. The number of ether oxygens (including phenoxy) is 1. The molecule has 2 rings (SSSR count). The van der Waals surface area contributed by atoms with Crippen LogP contribution in [-0.2, 0) is 6.54 Å². The zero-order valence-corrected chi connectivity index (χ0v) is 12.6. The Labute approximate surface area is 121 Å². The Morgan fingerprint density at radius 3 is 2.55 bits per heavy atom. The van der Waals surface area contributed by atoms with E-state index >= 15 is 0 Å². The van der Waals surface area contributed by atoms with Crippen molar-refractivity contribution in [1.29, 1.82) is 0 Å². The van der Waals surface area contributed by atoms with E-state index in [1.54, 1.807) is 0 Å². The maximum Gasteiger partial charge on any atom is 0.131 e. The average molecular weight is 269 g/mol. The predicted molar refractivity (Wildman–Crippen MR) is 84.4 cm³/mol. The number of hydrogen-bond acceptors (Lipinski definition) is 2. The van der Waals surface area contributed by atoms with Crippen LogP contribution in [0.3, 0.4) is 0 Å². The Morgan fingerprint density at radius 1 is 1.00 bits per heavy atom. The molecule has 0 bridgehead atoms. The van der Waals surface area contributed by atoms with Gasteiger partial charge < -0.3 is 10.1 Å². The highest BCUT2D eigenvalue weighted by atomic mass is 16.5. The Hall–Kier alpha value is -1.80. The van der Waals surface area contributed by atoms with Crippen LogP contribution in [0.4, 0.5) is 0 Å². The molecular formula is C18H23NO. The lowest BCUT2D eigenvalue weighted by molar-refractivity contribution is 0.469. The second-order valence-electron chi connectivity index (χ2n) is 5.16. The van der Waals surface area contributed by atoms with Crippen LogP contribution in [-0.4, -0.2) is 6.54 Å². The van der Waals surface area contributed by atoms with E-state index in [1.807, 2.05) is 18.2 Å². The van der Waals surface area contributed by atoms with Crippen LogP contribution in [0.25, 0.3) is 0 Å². The molecule has 0 fully saturated rings. The van der Waals surface area contributed by atoms with Crippen molar-refractivity contribution in [3.8, 4) is 11.5 Å². The van der Waals surface area contributed by atoms with Crippen molar-refractivity contribution in [2.45, 2.75) is 33.7 Å². The van der Waals surface area contributed by atoms with E-state index in [9.17, 15) is 0 Å². The third-order valence-corrected chi connectivity index (χ3v) is 3.27. The van der Waals surface area contributed by atoms with Crippen LogP contribution in [0.5, 0.6) is 11.5 Å². The third kappa shape index (κ3) is 3.84. The summed E-state index contributed by atoms with van der Waals surface area (Å²) in [6.07, 6.45) is 1.14. The fourth-order valence-corrected chi connectivity index (χ4v) is 2.18. The summed E-state index contributed by atoms with van der Waals surface area (Å²) in [6, 6.07) is 14.5. The second kappa shape index (κ2) is 7.11. The van der Waals surface area contributed by atoms with Crippen molar-refractivity contribution < 1.29 is 4.74 Å². The Balaban J connectivity index is 2.16. The monoisotopic (exact) mass is 269 g/mol. The molecule has 0 saturated heterocycles.